The van der Waals surface area contributed by atoms with Gasteiger partial charge in [0.15, 0.2) is 18.7 Å². The first-order chi connectivity index (χ1) is 15.9. The van der Waals surface area contributed by atoms with Crippen LogP contribution in [0, 0.1) is 0 Å². The fraction of sp³-hybridized carbons (Fsp3) is 0.857. The highest BCUT2D eigenvalue weighted by molar-refractivity contribution is 7.81. The highest BCUT2D eigenvalue weighted by Gasteiger charge is 2.54. The van der Waals surface area contributed by atoms with Gasteiger partial charge in [-0.15, -0.1) is 0 Å². The lowest BCUT2D eigenvalue weighted by Crippen LogP contribution is -2.68. The van der Waals surface area contributed by atoms with Crippen LogP contribution in [0.4, 0.5) is 0 Å². The third-order valence-electron chi connectivity index (χ3n) is 4.75. The van der Waals surface area contributed by atoms with Crippen LogP contribution in [0.1, 0.15) is 6.92 Å². The van der Waals surface area contributed by atoms with Gasteiger partial charge in [-0.25, -0.2) is 13.2 Å². The minimum Gasteiger partial charge on any atom is -0.479 e. The van der Waals surface area contributed by atoms with Crippen LogP contribution in [-0.2, 0) is 53.0 Å². The Hall–Kier alpha value is -1.60. The second-order valence-electron chi connectivity index (χ2n) is 7.33. The molecule has 0 aliphatic carbocycles. The smallest absolute Gasteiger partial charge is 0.397 e. The molecule has 2 aliphatic rings. The molecule has 0 spiro atoms. The highest BCUT2D eigenvalue weighted by Crippen LogP contribution is 2.31. The number of rotatable bonds is 9. The maximum absolute atomic E-state index is 11.6. The summed E-state index contributed by atoms with van der Waals surface area (Å²) in [6, 6.07) is -1.82. The molecule has 2 heterocycles. The monoisotopic (exact) mass is 557 g/mol. The molecule has 0 aromatic rings. The van der Waals surface area contributed by atoms with Crippen LogP contribution in [0.25, 0.3) is 0 Å². The Morgan fingerprint density at radius 1 is 0.914 bits per heavy atom. The number of nitrogens with one attached hydrogen (secondary N) is 1. The quantitative estimate of drug-likeness (QED) is 0.123. The van der Waals surface area contributed by atoms with Crippen LogP contribution >= 0.6 is 0 Å². The van der Waals surface area contributed by atoms with E-state index in [9.17, 15) is 46.9 Å². The first-order valence-electron chi connectivity index (χ1n) is 9.37. The number of carboxylic acids is 1. The predicted octanol–water partition coefficient (Wildman–Crippen LogP) is -5.51. The molecule has 0 aromatic carbocycles. The zero-order valence-corrected chi connectivity index (χ0v) is 19.1. The molecule has 2 saturated heterocycles. The van der Waals surface area contributed by atoms with E-state index in [1.165, 1.54) is 0 Å². The van der Waals surface area contributed by atoms with Gasteiger partial charge < -0.3 is 45.1 Å². The zero-order chi connectivity index (χ0) is 26.9. The van der Waals surface area contributed by atoms with Gasteiger partial charge in [-0.2, -0.15) is 16.8 Å². The van der Waals surface area contributed by atoms with E-state index < -0.39 is 101 Å². The van der Waals surface area contributed by atoms with Crippen molar-refractivity contribution in [1.29, 1.82) is 0 Å². The standard InChI is InChI=1S/C14H23NO18S2/c1-3(16)15-5-10(31-14-8(19)6(17)7(18)11(32-14)12(20)21)9(33-35(26,27)28)4(30-13(5)22)2-29-34(23,24)25/h4-11,13-14,17-19,22H,2H2,1H3,(H,15,16)(H,20,21)(H,23,24,25)(H,26,27,28)/t4-,5-,6+,7+,8-,9-,10-,11+,13?,14-/m1/s1. The fourth-order valence-electron chi connectivity index (χ4n) is 3.33. The van der Waals surface area contributed by atoms with Crippen LogP contribution in [-0.4, -0.2) is 131 Å². The molecule has 204 valence electrons. The SMILES string of the molecule is CC(=O)N[C@H]1C(O)O[C@H](COS(=O)(=O)O)[C@@H](OS(=O)(=O)O)[C@@H]1O[C@@H]1O[C@H](C(=O)O)[C@@H](O)[C@H](O)[C@H]1O. The third kappa shape index (κ3) is 7.94. The third-order valence-corrected chi connectivity index (χ3v) is 5.65. The molecule has 1 amide bonds. The molecule has 35 heavy (non-hydrogen) atoms. The second kappa shape index (κ2) is 11.2. The molecule has 21 heteroatoms. The van der Waals surface area contributed by atoms with Gasteiger partial charge in [0.05, 0.1) is 6.61 Å². The number of ether oxygens (including phenoxy) is 3. The number of carbonyl (C=O) groups excluding carboxylic acids is 1. The van der Waals surface area contributed by atoms with Crippen molar-refractivity contribution in [1.82, 2.24) is 5.32 Å². The summed E-state index contributed by atoms with van der Waals surface area (Å²) in [5.41, 5.74) is 0. The Bertz CT molecular complexity index is 985. The van der Waals surface area contributed by atoms with E-state index >= 15 is 0 Å². The van der Waals surface area contributed by atoms with Crippen molar-refractivity contribution >= 4 is 32.7 Å². The molecule has 0 saturated carbocycles. The van der Waals surface area contributed by atoms with Gasteiger partial charge in [0.25, 0.3) is 0 Å². The molecule has 19 nitrogen and oxygen atoms in total. The molecular weight excluding hydrogens is 534 g/mol. The lowest BCUT2D eigenvalue weighted by molar-refractivity contribution is -0.334. The molecule has 2 fully saturated rings. The molecule has 8 N–H and O–H groups in total. The summed E-state index contributed by atoms with van der Waals surface area (Å²) in [6.07, 6.45) is -19.3. The Morgan fingerprint density at radius 2 is 1.51 bits per heavy atom. The number of carboxylic acid groups (broad SMARTS) is 1. The summed E-state index contributed by atoms with van der Waals surface area (Å²) in [4.78, 5) is 22.9. The lowest BCUT2D eigenvalue weighted by atomic mass is 9.95. The summed E-state index contributed by atoms with van der Waals surface area (Å²) < 4.78 is 86.3. The molecule has 0 bridgehead atoms. The highest BCUT2D eigenvalue weighted by atomic mass is 32.3. The number of aliphatic hydroxyl groups excluding tert-OH is 4. The maximum Gasteiger partial charge on any atom is 0.397 e. The largest absolute Gasteiger partial charge is 0.479 e. The van der Waals surface area contributed by atoms with Crippen molar-refractivity contribution in [3.05, 3.63) is 0 Å². The lowest BCUT2D eigenvalue weighted by Gasteiger charge is -2.46. The van der Waals surface area contributed by atoms with Crippen LogP contribution < -0.4 is 5.32 Å². The number of aliphatic hydroxyl groups is 4. The average Bonchev–Trinajstić information content (AvgIpc) is 2.69. The van der Waals surface area contributed by atoms with Gasteiger partial charge in [-0.3, -0.25) is 13.9 Å². The molecule has 0 aromatic heterocycles. The van der Waals surface area contributed by atoms with Crippen molar-refractivity contribution in [2.24, 2.45) is 0 Å². The number of carbonyl (C=O) groups is 2. The van der Waals surface area contributed by atoms with E-state index in [0.717, 1.165) is 6.92 Å². The van der Waals surface area contributed by atoms with E-state index in [-0.39, 0.29) is 0 Å². The molecule has 1 unspecified atom stereocenters. The van der Waals surface area contributed by atoms with Crippen molar-refractivity contribution in [3.8, 4) is 0 Å². The van der Waals surface area contributed by atoms with Crippen LogP contribution in [0.15, 0.2) is 0 Å². The molecule has 10 atom stereocenters. The van der Waals surface area contributed by atoms with Gasteiger partial charge in [-0.1, -0.05) is 0 Å². The van der Waals surface area contributed by atoms with E-state index in [4.69, 9.17) is 28.4 Å². The van der Waals surface area contributed by atoms with Gasteiger partial charge in [-0.05, 0) is 0 Å². The summed E-state index contributed by atoms with van der Waals surface area (Å²) in [6.45, 7) is -0.321. The van der Waals surface area contributed by atoms with E-state index in [1.807, 2.05) is 0 Å². The van der Waals surface area contributed by atoms with Gasteiger partial charge >= 0.3 is 26.8 Å². The summed E-state index contributed by atoms with van der Waals surface area (Å²) in [5.74, 6) is -2.69. The van der Waals surface area contributed by atoms with Crippen molar-refractivity contribution in [3.63, 3.8) is 0 Å². The Balaban J connectivity index is 2.48. The normalized spacial score (nSPS) is 38.6. The van der Waals surface area contributed by atoms with Crippen molar-refractivity contribution in [2.45, 2.75) is 68.3 Å². The van der Waals surface area contributed by atoms with E-state index in [0.29, 0.717) is 0 Å². The molecule has 0 radical (unpaired) electrons. The molecular formula is C14H23NO18S2. The summed E-state index contributed by atoms with van der Waals surface area (Å²) in [5, 5.41) is 51.5. The predicted molar refractivity (Wildman–Crippen MR) is 102 cm³/mol. The van der Waals surface area contributed by atoms with Gasteiger partial charge in [0.2, 0.25) is 5.91 Å². The maximum atomic E-state index is 11.6. The molecule has 2 aliphatic heterocycles. The minimum absolute atomic E-state index is 0.881. The topological polar surface area (TPSA) is 302 Å². The average molecular weight is 557 g/mol. The van der Waals surface area contributed by atoms with Gasteiger partial charge in [0, 0.05) is 6.92 Å². The first kappa shape index (κ1) is 29.6. The van der Waals surface area contributed by atoms with Gasteiger partial charge in [0.1, 0.15) is 42.7 Å². The summed E-state index contributed by atoms with van der Waals surface area (Å²) >= 11 is 0. The van der Waals surface area contributed by atoms with Crippen molar-refractivity contribution in [2.75, 3.05) is 6.61 Å². The molecule has 2 rings (SSSR count). The number of hydrogen-bond acceptors (Lipinski definition) is 15. The minimum atomic E-state index is -5.42. The van der Waals surface area contributed by atoms with E-state index in [1.54, 1.807) is 0 Å². The summed E-state index contributed by atoms with van der Waals surface area (Å²) in [7, 11) is -10.6. The van der Waals surface area contributed by atoms with Crippen LogP contribution in [0.3, 0.4) is 0 Å². The number of amides is 1. The van der Waals surface area contributed by atoms with Crippen LogP contribution in [0.5, 0.6) is 0 Å². The number of aliphatic carboxylic acids is 1. The Morgan fingerprint density at radius 3 is 2.00 bits per heavy atom. The Kier molecular flexibility index (Phi) is 9.48. The zero-order valence-electron chi connectivity index (χ0n) is 17.4. The number of hydrogen-bond donors (Lipinski definition) is 8. The first-order valence-corrected chi connectivity index (χ1v) is 12.1. The second-order valence-corrected chi connectivity index (χ2v) is 9.47. The Labute approximate surface area is 197 Å². The van der Waals surface area contributed by atoms with Crippen LogP contribution in [0.2, 0.25) is 0 Å². The fourth-order valence-corrected chi connectivity index (χ4v) is 4.15. The van der Waals surface area contributed by atoms with E-state index in [2.05, 4.69) is 13.7 Å². The van der Waals surface area contributed by atoms with Crippen molar-refractivity contribution < 1.29 is 83.6 Å².